The predicted molar refractivity (Wildman–Crippen MR) is 100 cm³/mol. The highest BCUT2D eigenvalue weighted by Crippen LogP contribution is 2.43. The van der Waals surface area contributed by atoms with E-state index in [9.17, 15) is 9.90 Å². The molecule has 0 radical (unpaired) electrons. The molecule has 3 atom stereocenters. The molecule has 1 amide bonds. The van der Waals surface area contributed by atoms with Gasteiger partial charge in [-0.3, -0.25) is 9.69 Å². The maximum atomic E-state index is 12.6. The molecular weight excluding hydrogens is 380 g/mol. The van der Waals surface area contributed by atoms with Gasteiger partial charge in [0, 0.05) is 23.5 Å². The van der Waals surface area contributed by atoms with Gasteiger partial charge in [0.05, 0.1) is 25.2 Å². The Morgan fingerprint density at radius 3 is 2.48 bits per heavy atom. The van der Waals surface area contributed by atoms with Crippen LogP contribution in [-0.4, -0.2) is 52.6 Å². The molecule has 2 saturated heterocycles. The van der Waals surface area contributed by atoms with Gasteiger partial charge in [-0.15, -0.1) is 0 Å². The Kier molecular flexibility index (Phi) is 4.63. The van der Waals surface area contributed by atoms with E-state index in [2.05, 4.69) is 45.1 Å². The van der Waals surface area contributed by atoms with Crippen LogP contribution in [0.25, 0.3) is 0 Å². The van der Waals surface area contributed by atoms with Gasteiger partial charge in [-0.1, -0.05) is 58.4 Å². The van der Waals surface area contributed by atoms with Gasteiger partial charge in [0.25, 0.3) is 0 Å². The summed E-state index contributed by atoms with van der Waals surface area (Å²) < 4.78 is 1.04. The van der Waals surface area contributed by atoms with E-state index < -0.39 is 0 Å². The highest BCUT2D eigenvalue weighted by Gasteiger charge is 2.53. The Morgan fingerprint density at radius 2 is 1.80 bits per heavy atom. The summed E-state index contributed by atoms with van der Waals surface area (Å²) in [7, 11) is 0. The molecule has 130 valence electrons. The summed E-state index contributed by atoms with van der Waals surface area (Å²) in [6, 6.07) is 18.5. The molecule has 2 aliphatic heterocycles. The molecule has 0 aromatic heterocycles. The van der Waals surface area contributed by atoms with Crippen molar-refractivity contribution in [3.63, 3.8) is 0 Å². The van der Waals surface area contributed by atoms with Gasteiger partial charge in [-0.05, 0) is 23.3 Å². The van der Waals surface area contributed by atoms with Crippen molar-refractivity contribution in [2.75, 3.05) is 19.7 Å². The average molecular weight is 401 g/mol. The third-order valence-electron chi connectivity index (χ3n) is 5.33. The second-order valence-corrected chi connectivity index (χ2v) is 7.77. The summed E-state index contributed by atoms with van der Waals surface area (Å²) in [5, 5.41) is 9.81. The van der Waals surface area contributed by atoms with Crippen LogP contribution < -0.4 is 0 Å². The van der Waals surface area contributed by atoms with Crippen molar-refractivity contribution >= 4 is 21.8 Å². The second kappa shape index (κ2) is 6.90. The molecule has 2 aromatic carbocycles. The highest BCUT2D eigenvalue weighted by molar-refractivity contribution is 9.10. The third kappa shape index (κ3) is 3.12. The summed E-state index contributed by atoms with van der Waals surface area (Å²) in [6.45, 7) is 2.07. The number of carbonyl (C=O) groups is 1. The summed E-state index contributed by atoms with van der Waals surface area (Å²) >= 11 is 3.47. The largest absolute Gasteiger partial charge is 0.394 e. The Labute approximate surface area is 156 Å². The first-order valence-electron chi connectivity index (χ1n) is 8.61. The Morgan fingerprint density at radius 1 is 1.08 bits per heavy atom. The number of aliphatic hydroxyl groups is 1. The Hall–Kier alpha value is -1.69. The Balaban J connectivity index is 1.54. The quantitative estimate of drug-likeness (QED) is 0.857. The fourth-order valence-electron chi connectivity index (χ4n) is 4.21. The van der Waals surface area contributed by atoms with Crippen molar-refractivity contribution in [2.45, 2.75) is 24.5 Å². The molecule has 0 unspecified atom stereocenters. The van der Waals surface area contributed by atoms with Crippen LogP contribution in [0.4, 0.5) is 0 Å². The van der Waals surface area contributed by atoms with Crippen LogP contribution >= 0.6 is 15.9 Å². The van der Waals surface area contributed by atoms with E-state index in [1.54, 1.807) is 0 Å². The number of rotatable bonds is 4. The number of hydrogen-bond acceptors (Lipinski definition) is 3. The lowest BCUT2D eigenvalue weighted by molar-refractivity contribution is -0.162. The van der Waals surface area contributed by atoms with Crippen LogP contribution in [0.2, 0.25) is 0 Å². The highest BCUT2D eigenvalue weighted by atomic mass is 79.9. The molecule has 4 rings (SSSR count). The van der Waals surface area contributed by atoms with E-state index in [0.717, 1.165) is 17.6 Å². The number of carbonyl (C=O) groups excluding carboxylic acids is 1. The van der Waals surface area contributed by atoms with E-state index in [1.807, 2.05) is 35.2 Å². The molecule has 2 aromatic rings. The Bertz CT molecular complexity index is 750. The number of hydrogen-bond donors (Lipinski definition) is 1. The minimum Gasteiger partial charge on any atom is -0.394 e. The number of amides is 1. The van der Waals surface area contributed by atoms with Gasteiger partial charge in [-0.25, -0.2) is 0 Å². The van der Waals surface area contributed by atoms with Gasteiger partial charge < -0.3 is 10.0 Å². The summed E-state index contributed by atoms with van der Waals surface area (Å²) in [6.07, 6.45) is 0. The van der Waals surface area contributed by atoms with Crippen LogP contribution in [0.1, 0.15) is 17.0 Å². The average Bonchev–Trinajstić information content (AvgIpc) is 2.60. The number of piperazine rings is 1. The van der Waals surface area contributed by atoms with Gasteiger partial charge in [0.1, 0.15) is 0 Å². The van der Waals surface area contributed by atoms with Gasteiger partial charge in [-0.2, -0.15) is 0 Å². The number of fused-ring (bicyclic) bond motifs is 1. The van der Waals surface area contributed by atoms with E-state index in [4.69, 9.17) is 0 Å². The lowest BCUT2D eigenvalue weighted by Gasteiger charge is -2.59. The summed E-state index contributed by atoms with van der Waals surface area (Å²) in [4.78, 5) is 16.7. The maximum absolute atomic E-state index is 12.6. The monoisotopic (exact) mass is 400 g/mol. The van der Waals surface area contributed by atoms with Crippen LogP contribution in [0, 0.1) is 0 Å². The lowest BCUT2D eigenvalue weighted by Crippen LogP contribution is -2.72. The fraction of sp³-hybridized carbons (Fsp3) is 0.350. The molecule has 5 heteroatoms. The van der Waals surface area contributed by atoms with Crippen molar-refractivity contribution in [3.8, 4) is 0 Å². The number of aliphatic hydroxyl groups excluding tert-OH is 1. The van der Waals surface area contributed by atoms with E-state index in [0.29, 0.717) is 6.54 Å². The van der Waals surface area contributed by atoms with Gasteiger partial charge in [0.2, 0.25) is 5.91 Å². The molecule has 4 nitrogen and oxygen atoms in total. The minimum atomic E-state index is -0.0995. The first kappa shape index (κ1) is 16.8. The van der Waals surface area contributed by atoms with Crippen LogP contribution in [-0.2, 0) is 11.3 Å². The molecular formula is C20H21BrN2O2. The molecule has 0 aliphatic carbocycles. The van der Waals surface area contributed by atoms with Crippen LogP contribution in [0.3, 0.4) is 0 Å². The standard InChI is InChI=1S/C20H21BrN2O2/c21-16-8-6-15(7-9-16)20-17-11-22(10-14-4-2-1-3-5-14)12-19(25)23(17)18(20)13-24/h1-9,17-18,20,24H,10-13H2/t17-,18-,20+/m0/s1. The van der Waals surface area contributed by atoms with Crippen molar-refractivity contribution in [1.29, 1.82) is 0 Å². The second-order valence-electron chi connectivity index (χ2n) is 6.85. The summed E-state index contributed by atoms with van der Waals surface area (Å²) in [5.41, 5.74) is 2.42. The van der Waals surface area contributed by atoms with Crippen molar-refractivity contribution in [1.82, 2.24) is 9.80 Å². The number of benzene rings is 2. The maximum Gasteiger partial charge on any atom is 0.237 e. The normalized spacial score (nSPS) is 26.2. The van der Waals surface area contributed by atoms with E-state index in [-0.39, 0.29) is 30.5 Å². The topological polar surface area (TPSA) is 43.8 Å². The van der Waals surface area contributed by atoms with E-state index in [1.165, 1.54) is 11.1 Å². The van der Waals surface area contributed by atoms with Crippen LogP contribution in [0.5, 0.6) is 0 Å². The predicted octanol–water partition coefficient (Wildman–Crippen LogP) is 2.62. The van der Waals surface area contributed by atoms with Crippen molar-refractivity contribution in [2.24, 2.45) is 0 Å². The first-order chi connectivity index (χ1) is 12.2. The smallest absolute Gasteiger partial charge is 0.237 e. The molecule has 2 fully saturated rings. The van der Waals surface area contributed by atoms with Crippen molar-refractivity contribution < 1.29 is 9.90 Å². The zero-order valence-corrected chi connectivity index (χ0v) is 15.5. The number of nitrogens with zero attached hydrogens (tertiary/aromatic N) is 2. The molecule has 2 heterocycles. The van der Waals surface area contributed by atoms with Gasteiger partial charge >= 0.3 is 0 Å². The molecule has 25 heavy (non-hydrogen) atoms. The molecule has 2 aliphatic rings. The van der Waals surface area contributed by atoms with Crippen LogP contribution in [0.15, 0.2) is 59.1 Å². The number of halogens is 1. The molecule has 0 bridgehead atoms. The molecule has 1 N–H and O–H groups in total. The first-order valence-corrected chi connectivity index (χ1v) is 9.40. The molecule has 0 saturated carbocycles. The summed E-state index contributed by atoms with van der Waals surface area (Å²) in [5.74, 6) is 0.320. The van der Waals surface area contributed by atoms with Crippen molar-refractivity contribution in [3.05, 3.63) is 70.2 Å². The third-order valence-corrected chi connectivity index (χ3v) is 5.86. The van der Waals surface area contributed by atoms with E-state index >= 15 is 0 Å². The molecule has 0 spiro atoms. The SMILES string of the molecule is O=C1CN(Cc2ccccc2)C[C@H]2[C@@H](c3ccc(Br)cc3)[C@H](CO)N12. The minimum absolute atomic E-state index is 0.0155. The van der Waals surface area contributed by atoms with Gasteiger partial charge in [0.15, 0.2) is 0 Å². The lowest BCUT2D eigenvalue weighted by atomic mass is 9.74. The zero-order chi connectivity index (χ0) is 17.4. The fourth-order valence-corrected chi connectivity index (χ4v) is 4.48. The zero-order valence-electron chi connectivity index (χ0n) is 13.9.